The van der Waals surface area contributed by atoms with Crippen LogP contribution in [0.15, 0.2) is 77.6 Å². The van der Waals surface area contributed by atoms with E-state index in [2.05, 4.69) is 47.8 Å². The summed E-state index contributed by atoms with van der Waals surface area (Å²) in [5.41, 5.74) is 5.88. The summed E-state index contributed by atoms with van der Waals surface area (Å²) in [6, 6.07) is 19.8. The number of ether oxygens (including phenoxy) is 1. The van der Waals surface area contributed by atoms with Crippen molar-refractivity contribution >= 4 is 56.9 Å². The highest BCUT2D eigenvalue weighted by Gasteiger charge is 2.32. The number of aryl methyl sites for hydroxylation is 1. The molecule has 63 heavy (non-hydrogen) atoms. The lowest BCUT2D eigenvalue weighted by atomic mass is 10.0. The molecular formula is C47H47F2N9O5. The molecule has 324 valence electrons. The SMILES string of the molecule is Cn1c(=O)n(C2CCC(=O)NC2=O)c2cccc(C#CCCN3CCN(c4ccc(C(=O)Nc5n[nH]c6ccc(Cc7cc(F)cc(F)c7)cc56)c(NC5CCOCC5)c4)CC3)c21. The van der Waals surface area contributed by atoms with Crippen molar-refractivity contribution in [3.8, 4) is 11.8 Å². The highest BCUT2D eigenvalue weighted by Crippen LogP contribution is 2.30. The van der Waals surface area contributed by atoms with Crippen molar-refractivity contribution in [2.24, 2.45) is 7.05 Å². The quantitative estimate of drug-likeness (QED) is 0.104. The van der Waals surface area contributed by atoms with E-state index in [0.717, 1.165) is 68.6 Å². The molecule has 0 saturated carbocycles. The molecular weight excluding hydrogens is 809 g/mol. The number of fused-ring (bicyclic) bond motifs is 2. The van der Waals surface area contributed by atoms with Crippen LogP contribution in [0.25, 0.3) is 21.9 Å². The van der Waals surface area contributed by atoms with Gasteiger partial charge in [0.1, 0.15) is 17.7 Å². The number of hydrogen-bond donors (Lipinski definition) is 4. The molecule has 2 aromatic heterocycles. The zero-order valence-electron chi connectivity index (χ0n) is 34.8. The number of H-pyrrole nitrogens is 1. The number of amides is 3. The summed E-state index contributed by atoms with van der Waals surface area (Å²) in [4.78, 5) is 56.4. The first-order chi connectivity index (χ1) is 30.6. The predicted molar refractivity (Wildman–Crippen MR) is 236 cm³/mol. The first-order valence-corrected chi connectivity index (χ1v) is 21.3. The molecule has 3 saturated heterocycles. The molecule has 3 aliphatic rings. The molecule has 6 aromatic rings. The minimum atomic E-state index is -0.756. The summed E-state index contributed by atoms with van der Waals surface area (Å²) in [5, 5.41) is 17.0. The number of carbonyl (C=O) groups excluding carboxylic acids is 3. The molecule has 0 aliphatic carbocycles. The summed E-state index contributed by atoms with van der Waals surface area (Å²) < 4.78 is 36.4. The highest BCUT2D eigenvalue weighted by atomic mass is 19.1. The van der Waals surface area contributed by atoms with Crippen LogP contribution in [0.1, 0.15) is 65.2 Å². The number of rotatable bonds is 10. The van der Waals surface area contributed by atoms with Crippen LogP contribution >= 0.6 is 0 Å². The number of aromatic amines is 1. The number of nitrogens with zero attached hydrogens (tertiary/aromatic N) is 5. The van der Waals surface area contributed by atoms with Crippen molar-refractivity contribution in [2.75, 3.05) is 61.5 Å². The van der Waals surface area contributed by atoms with E-state index in [1.54, 1.807) is 13.1 Å². The number of piperidine rings is 1. The smallest absolute Gasteiger partial charge is 0.329 e. The Balaban J connectivity index is 0.857. The molecule has 3 aliphatic heterocycles. The fourth-order valence-corrected chi connectivity index (χ4v) is 8.87. The Morgan fingerprint density at radius 3 is 2.49 bits per heavy atom. The monoisotopic (exact) mass is 855 g/mol. The van der Waals surface area contributed by atoms with E-state index in [0.29, 0.717) is 70.5 Å². The van der Waals surface area contributed by atoms with Crippen LogP contribution in [0.5, 0.6) is 0 Å². The largest absolute Gasteiger partial charge is 0.381 e. The molecule has 16 heteroatoms. The van der Waals surface area contributed by atoms with Gasteiger partial charge in [0.15, 0.2) is 5.82 Å². The second-order valence-electron chi connectivity index (χ2n) is 16.4. The van der Waals surface area contributed by atoms with Crippen molar-refractivity contribution in [2.45, 2.75) is 50.6 Å². The van der Waals surface area contributed by atoms with E-state index in [-0.39, 0.29) is 36.4 Å². The normalized spacial score (nSPS) is 17.4. The van der Waals surface area contributed by atoms with E-state index in [9.17, 15) is 28.0 Å². The molecule has 9 rings (SSSR count). The second-order valence-corrected chi connectivity index (χ2v) is 16.4. The van der Waals surface area contributed by atoms with Gasteiger partial charge in [-0.1, -0.05) is 24.0 Å². The zero-order valence-corrected chi connectivity index (χ0v) is 34.8. The molecule has 1 unspecified atom stereocenters. The number of imide groups is 1. The maximum absolute atomic E-state index is 14.0. The highest BCUT2D eigenvalue weighted by molar-refractivity contribution is 6.11. The number of nitrogens with one attached hydrogen (secondary N) is 4. The Morgan fingerprint density at radius 2 is 1.71 bits per heavy atom. The van der Waals surface area contributed by atoms with Gasteiger partial charge in [-0.05, 0) is 91.4 Å². The van der Waals surface area contributed by atoms with E-state index in [4.69, 9.17) is 4.74 Å². The van der Waals surface area contributed by atoms with E-state index < -0.39 is 23.6 Å². The minimum absolute atomic E-state index is 0.141. The first kappa shape index (κ1) is 41.5. The third kappa shape index (κ3) is 8.93. The van der Waals surface area contributed by atoms with Crippen molar-refractivity contribution in [1.82, 2.24) is 29.5 Å². The van der Waals surface area contributed by atoms with Crippen LogP contribution in [0, 0.1) is 23.5 Å². The Morgan fingerprint density at radius 1 is 0.921 bits per heavy atom. The Hall–Kier alpha value is -6.83. The standard InChI is InChI=1S/C47H47F2N9O5/c1-55-43-31(6-4-7-40(43)58(47(55)62)41-12-13-42(59)51-46(41)61)5-2-3-16-56-17-19-57(20-18-56)35-9-10-36(39(28-35)50-34-14-21-63-22-15-34)45(60)52-44-37-26-29(8-11-38(37)53-54-44)23-30-24-32(48)27-33(49)25-30/h4,6-11,24-28,34,41,50H,3,12-23H2,1H3,(H,51,59,61)(H2,52,53,54,60). The van der Waals surface area contributed by atoms with Gasteiger partial charge in [-0.3, -0.25) is 38.8 Å². The number of halogens is 2. The zero-order chi connectivity index (χ0) is 43.6. The minimum Gasteiger partial charge on any atom is -0.381 e. The molecule has 14 nitrogen and oxygen atoms in total. The molecule has 0 spiro atoms. The van der Waals surface area contributed by atoms with E-state index >= 15 is 0 Å². The third-order valence-electron chi connectivity index (χ3n) is 12.2. The van der Waals surface area contributed by atoms with E-state index in [1.807, 2.05) is 48.5 Å². The number of anilines is 3. The molecule has 3 fully saturated rings. The summed E-state index contributed by atoms with van der Waals surface area (Å²) >= 11 is 0. The van der Waals surface area contributed by atoms with Gasteiger partial charge in [-0.2, -0.15) is 5.10 Å². The summed E-state index contributed by atoms with van der Waals surface area (Å²) in [7, 11) is 1.67. The van der Waals surface area contributed by atoms with Gasteiger partial charge in [-0.15, -0.1) is 0 Å². The lowest BCUT2D eigenvalue weighted by Crippen LogP contribution is -2.46. The number of para-hydroxylation sites is 1. The average Bonchev–Trinajstić information content (AvgIpc) is 3.78. The fourth-order valence-electron chi connectivity index (χ4n) is 8.87. The van der Waals surface area contributed by atoms with Crippen molar-refractivity contribution in [1.29, 1.82) is 0 Å². The topological polar surface area (TPSA) is 159 Å². The predicted octanol–water partition coefficient (Wildman–Crippen LogP) is 5.47. The summed E-state index contributed by atoms with van der Waals surface area (Å²) in [6.45, 7) is 5.28. The Kier molecular flexibility index (Phi) is 11.8. The van der Waals surface area contributed by atoms with Gasteiger partial charge < -0.3 is 20.3 Å². The Labute approximate surface area is 361 Å². The van der Waals surface area contributed by atoms with Gasteiger partial charge in [0.05, 0.1) is 27.7 Å². The number of imidazole rings is 1. The van der Waals surface area contributed by atoms with Crippen molar-refractivity contribution in [3.63, 3.8) is 0 Å². The molecule has 4 aromatic carbocycles. The van der Waals surface area contributed by atoms with Crippen molar-refractivity contribution < 1.29 is 27.9 Å². The number of hydrogen-bond acceptors (Lipinski definition) is 9. The summed E-state index contributed by atoms with van der Waals surface area (Å²) in [5.74, 6) is 4.53. The third-order valence-corrected chi connectivity index (χ3v) is 12.2. The van der Waals surface area contributed by atoms with Crippen molar-refractivity contribution in [3.05, 3.63) is 117 Å². The summed E-state index contributed by atoms with van der Waals surface area (Å²) in [6.07, 6.45) is 3.01. The lowest BCUT2D eigenvalue weighted by molar-refractivity contribution is -0.135. The lowest BCUT2D eigenvalue weighted by Gasteiger charge is -2.36. The maximum atomic E-state index is 14.0. The van der Waals surface area contributed by atoms with Crippen LogP contribution in [-0.2, 0) is 27.8 Å². The van der Waals surface area contributed by atoms with Crippen LogP contribution in [0.3, 0.4) is 0 Å². The number of carbonyl (C=O) groups is 3. The first-order valence-electron chi connectivity index (χ1n) is 21.3. The van der Waals surface area contributed by atoms with Crippen LogP contribution in [-0.4, -0.2) is 93.9 Å². The van der Waals surface area contributed by atoms with Gasteiger partial charge in [0.2, 0.25) is 11.8 Å². The molecule has 0 radical (unpaired) electrons. The molecule has 3 amide bonds. The average molecular weight is 856 g/mol. The Bertz CT molecular complexity index is 2840. The molecule has 4 N–H and O–H groups in total. The van der Waals surface area contributed by atoms with Gasteiger partial charge in [0, 0.05) is 94.7 Å². The fraction of sp³-hybridized carbons (Fsp3) is 0.340. The van der Waals surface area contributed by atoms with Gasteiger partial charge in [0.25, 0.3) is 5.91 Å². The number of piperazine rings is 1. The molecule has 5 heterocycles. The van der Waals surface area contributed by atoms with Gasteiger partial charge >= 0.3 is 5.69 Å². The van der Waals surface area contributed by atoms with Crippen LogP contribution in [0.4, 0.5) is 26.0 Å². The van der Waals surface area contributed by atoms with Crippen LogP contribution < -0.4 is 26.5 Å². The second kappa shape index (κ2) is 17.9. The molecule has 1 atom stereocenters. The number of benzene rings is 4. The number of aromatic nitrogens is 4. The van der Waals surface area contributed by atoms with Crippen LogP contribution in [0.2, 0.25) is 0 Å². The van der Waals surface area contributed by atoms with E-state index in [1.165, 1.54) is 21.3 Å². The van der Waals surface area contributed by atoms with Gasteiger partial charge in [-0.25, -0.2) is 13.6 Å². The molecule has 0 bridgehead atoms. The maximum Gasteiger partial charge on any atom is 0.329 e.